The van der Waals surface area contributed by atoms with Gasteiger partial charge in [0.05, 0.1) is 11.5 Å². The molecule has 0 unspecified atom stereocenters. The summed E-state index contributed by atoms with van der Waals surface area (Å²) in [6, 6.07) is 0. The molecule has 0 fully saturated rings. The van der Waals surface area contributed by atoms with Crippen LogP contribution in [0.3, 0.4) is 0 Å². The van der Waals surface area contributed by atoms with E-state index in [1.807, 2.05) is 6.92 Å². The summed E-state index contributed by atoms with van der Waals surface area (Å²) in [6.45, 7) is 1.00. The maximum absolute atomic E-state index is 12.6. The summed E-state index contributed by atoms with van der Waals surface area (Å²) < 4.78 is 37.9. The summed E-state index contributed by atoms with van der Waals surface area (Å²) in [5, 5.41) is 31.1. The van der Waals surface area contributed by atoms with Crippen molar-refractivity contribution in [2.24, 2.45) is 0 Å². The quantitative estimate of drug-likeness (QED) is 0.366. The molecule has 1 N–H and O–H groups in total. The summed E-state index contributed by atoms with van der Waals surface area (Å²) in [4.78, 5) is 21.3. The zero-order valence-electron chi connectivity index (χ0n) is 13.4. The van der Waals surface area contributed by atoms with Crippen LogP contribution in [0.15, 0.2) is 23.0 Å². The molecule has 0 amide bonds. The Labute approximate surface area is 136 Å². The van der Waals surface area contributed by atoms with Gasteiger partial charge in [-0.3, -0.25) is 20.2 Å². The van der Waals surface area contributed by atoms with E-state index >= 15 is 0 Å². The van der Waals surface area contributed by atoms with Gasteiger partial charge in [-0.05, 0) is 13.3 Å². The van der Waals surface area contributed by atoms with Crippen LogP contribution in [-0.4, -0.2) is 52.3 Å². The Morgan fingerprint density at radius 1 is 1.25 bits per heavy atom. The summed E-state index contributed by atoms with van der Waals surface area (Å²) in [6.07, 6.45) is -3.32. The highest BCUT2D eigenvalue weighted by molar-refractivity contribution is 5.25. The van der Waals surface area contributed by atoms with E-state index in [0.717, 1.165) is 0 Å². The molecule has 0 aromatic heterocycles. The van der Waals surface area contributed by atoms with Crippen molar-refractivity contribution in [3.05, 3.63) is 43.3 Å². The van der Waals surface area contributed by atoms with Crippen molar-refractivity contribution in [2.45, 2.75) is 32.9 Å². The van der Waals surface area contributed by atoms with E-state index in [4.69, 9.17) is 5.11 Å². The first kappa shape index (κ1) is 21.8. The predicted molar refractivity (Wildman–Crippen MR) is 79.3 cm³/mol. The fourth-order valence-electron chi connectivity index (χ4n) is 1.84. The highest BCUT2D eigenvalue weighted by Gasteiger charge is 2.34. The molecule has 0 rings (SSSR count). The fraction of sp³-hybridized carbons (Fsp3) is 0.692. The van der Waals surface area contributed by atoms with Crippen molar-refractivity contribution in [3.63, 3.8) is 0 Å². The van der Waals surface area contributed by atoms with Crippen molar-refractivity contribution in [1.82, 2.24) is 4.90 Å². The average molecular weight is 355 g/mol. The first-order valence-electron chi connectivity index (χ1n) is 7.15. The Kier molecular flexibility index (Phi) is 8.96. The van der Waals surface area contributed by atoms with Gasteiger partial charge in [0.1, 0.15) is 0 Å². The lowest BCUT2D eigenvalue weighted by molar-refractivity contribution is -0.477. The zero-order valence-corrected chi connectivity index (χ0v) is 13.4. The molecule has 0 atom stereocenters. The second kappa shape index (κ2) is 9.85. The van der Waals surface area contributed by atoms with E-state index in [9.17, 15) is 33.4 Å². The SMILES string of the molecule is CCCCN(CCO)/C(C[N+](=O)[O-])=C(/C=C(\C)C(F)(F)F)[N+](=O)[O-]. The van der Waals surface area contributed by atoms with Crippen LogP contribution in [0.2, 0.25) is 0 Å². The Morgan fingerprint density at radius 3 is 2.21 bits per heavy atom. The molecule has 0 aliphatic rings. The van der Waals surface area contributed by atoms with Crippen molar-refractivity contribution in [1.29, 1.82) is 0 Å². The summed E-state index contributed by atoms with van der Waals surface area (Å²) in [5.74, 6) is 0. The van der Waals surface area contributed by atoms with Crippen LogP contribution in [0, 0.1) is 20.2 Å². The van der Waals surface area contributed by atoms with Gasteiger partial charge >= 0.3 is 6.18 Å². The monoisotopic (exact) mass is 355 g/mol. The molecule has 0 aliphatic heterocycles. The maximum atomic E-state index is 12.6. The van der Waals surface area contributed by atoms with Gasteiger partial charge in [-0.25, -0.2) is 0 Å². The number of hydrogen-bond donors (Lipinski definition) is 1. The van der Waals surface area contributed by atoms with Crippen molar-refractivity contribution in [2.75, 3.05) is 26.2 Å². The van der Waals surface area contributed by atoms with Crippen LogP contribution in [0.5, 0.6) is 0 Å². The summed E-state index contributed by atoms with van der Waals surface area (Å²) in [5.41, 5.74) is -2.70. The molecule has 24 heavy (non-hydrogen) atoms. The summed E-state index contributed by atoms with van der Waals surface area (Å²) >= 11 is 0. The van der Waals surface area contributed by atoms with Crippen molar-refractivity contribution in [3.8, 4) is 0 Å². The molecule has 8 nitrogen and oxygen atoms in total. The highest BCUT2D eigenvalue weighted by Crippen LogP contribution is 2.27. The van der Waals surface area contributed by atoms with E-state index in [0.29, 0.717) is 19.8 Å². The van der Waals surface area contributed by atoms with Crippen molar-refractivity contribution < 1.29 is 28.1 Å². The number of nitro groups is 2. The van der Waals surface area contributed by atoms with Crippen molar-refractivity contribution >= 4 is 0 Å². The fourth-order valence-corrected chi connectivity index (χ4v) is 1.84. The number of alkyl halides is 3. The van der Waals surface area contributed by atoms with Gasteiger partial charge in [-0.2, -0.15) is 13.2 Å². The van der Waals surface area contributed by atoms with Gasteiger partial charge in [-0.15, -0.1) is 0 Å². The van der Waals surface area contributed by atoms with E-state index in [2.05, 4.69) is 0 Å². The number of aliphatic hydroxyl groups excluding tert-OH is 1. The van der Waals surface area contributed by atoms with Crippen LogP contribution >= 0.6 is 0 Å². The molecule has 0 radical (unpaired) electrons. The number of halogens is 3. The number of rotatable bonds is 10. The molecule has 0 aliphatic carbocycles. The molecule has 0 saturated carbocycles. The number of unbranched alkanes of at least 4 members (excludes halogenated alkanes) is 1. The van der Waals surface area contributed by atoms with E-state index < -0.39 is 46.1 Å². The third kappa shape index (κ3) is 7.40. The Morgan fingerprint density at radius 2 is 1.83 bits per heavy atom. The third-order valence-electron chi connectivity index (χ3n) is 3.10. The van der Waals surface area contributed by atoms with Gasteiger partial charge in [0.25, 0.3) is 5.70 Å². The van der Waals surface area contributed by atoms with Crippen LogP contribution in [0.1, 0.15) is 26.7 Å². The molecular weight excluding hydrogens is 335 g/mol. The van der Waals surface area contributed by atoms with Gasteiger partial charge < -0.3 is 10.0 Å². The highest BCUT2D eigenvalue weighted by atomic mass is 19.4. The smallest absolute Gasteiger partial charge is 0.395 e. The molecular formula is C13H20F3N3O5. The second-order valence-electron chi connectivity index (χ2n) is 4.97. The summed E-state index contributed by atoms with van der Waals surface area (Å²) in [7, 11) is 0. The lowest BCUT2D eigenvalue weighted by atomic mass is 10.2. The average Bonchev–Trinajstić information content (AvgIpc) is 2.45. The Bertz CT molecular complexity index is 517. The molecule has 0 heterocycles. The molecule has 138 valence electrons. The van der Waals surface area contributed by atoms with Gasteiger partial charge in [-0.1, -0.05) is 13.3 Å². The number of allylic oxidation sites excluding steroid dienone is 2. The number of aliphatic hydroxyl groups is 1. The molecule has 0 saturated heterocycles. The Balaban J connectivity index is 6.16. The molecule has 0 aromatic carbocycles. The number of hydrogen-bond acceptors (Lipinski definition) is 6. The lowest BCUT2D eigenvalue weighted by Crippen LogP contribution is -2.33. The van der Waals surface area contributed by atoms with Crippen LogP contribution in [0.4, 0.5) is 13.2 Å². The first-order valence-corrected chi connectivity index (χ1v) is 7.15. The van der Waals surface area contributed by atoms with Crippen LogP contribution < -0.4 is 0 Å². The normalized spacial score (nSPS) is 13.5. The topological polar surface area (TPSA) is 110 Å². The maximum Gasteiger partial charge on any atom is 0.412 e. The van der Waals surface area contributed by atoms with E-state index in [1.165, 1.54) is 4.90 Å². The van der Waals surface area contributed by atoms with E-state index in [-0.39, 0.29) is 19.2 Å². The molecule has 0 spiro atoms. The Hall–Kier alpha value is -2.17. The minimum absolute atomic E-state index is 0.149. The molecule has 0 aromatic rings. The number of nitrogens with zero attached hydrogens (tertiary/aromatic N) is 3. The minimum Gasteiger partial charge on any atom is -0.395 e. The standard InChI is InChI=1S/C13H20F3N3O5/c1-3-4-5-17(6-7-20)12(9-18(21)22)11(19(23)24)8-10(2)13(14,15)16/h8,20H,3-7,9H2,1-2H3/b10-8+,12-11-. The second-order valence-corrected chi connectivity index (χ2v) is 4.97. The largest absolute Gasteiger partial charge is 0.412 e. The van der Waals surface area contributed by atoms with Crippen LogP contribution in [-0.2, 0) is 0 Å². The predicted octanol–water partition coefficient (Wildman–Crippen LogP) is 2.35. The third-order valence-corrected chi connectivity index (χ3v) is 3.10. The van der Waals surface area contributed by atoms with Gasteiger partial charge in [0.2, 0.25) is 6.54 Å². The van der Waals surface area contributed by atoms with Gasteiger partial charge in [0, 0.05) is 29.7 Å². The molecule has 11 heteroatoms. The minimum atomic E-state index is -4.79. The lowest BCUT2D eigenvalue weighted by Gasteiger charge is -2.24. The first-order chi connectivity index (χ1) is 11.0. The van der Waals surface area contributed by atoms with E-state index in [1.54, 1.807) is 0 Å². The molecule has 0 bridgehead atoms. The van der Waals surface area contributed by atoms with Crippen LogP contribution in [0.25, 0.3) is 0 Å². The van der Waals surface area contributed by atoms with Gasteiger partial charge in [0.15, 0.2) is 5.70 Å². The zero-order chi connectivity index (χ0) is 18.9.